The van der Waals surface area contributed by atoms with E-state index in [9.17, 15) is 13.2 Å². The van der Waals surface area contributed by atoms with Gasteiger partial charge in [0.2, 0.25) is 5.88 Å². The van der Waals surface area contributed by atoms with Gasteiger partial charge in [0.05, 0.1) is 10.3 Å². The van der Waals surface area contributed by atoms with Gasteiger partial charge in [0.25, 0.3) is 10.0 Å². The summed E-state index contributed by atoms with van der Waals surface area (Å²) < 4.78 is 40.3. The van der Waals surface area contributed by atoms with Crippen LogP contribution in [0.25, 0.3) is 11.0 Å². The van der Waals surface area contributed by atoms with Crippen LogP contribution < -0.4 is 4.74 Å². The molecule has 0 spiro atoms. The fourth-order valence-corrected chi connectivity index (χ4v) is 6.50. The maximum Gasteiger partial charge on any atom is 0.410 e. The molecule has 0 aliphatic carbocycles. The van der Waals surface area contributed by atoms with Crippen LogP contribution in [-0.2, 0) is 27.7 Å². The van der Waals surface area contributed by atoms with E-state index >= 15 is 0 Å². The molecule has 0 atom stereocenters. The third kappa shape index (κ3) is 5.21. The lowest BCUT2D eigenvalue weighted by Gasteiger charge is -2.31. The van der Waals surface area contributed by atoms with Crippen molar-refractivity contribution in [2.75, 3.05) is 6.54 Å². The van der Waals surface area contributed by atoms with Gasteiger partial charge in [-0.25, -0.2) is 27.2 Å². The number of fused-ring (bicyclic) bond motifs is 2. The Hall–Kier alpha value is -3.19. The summed E-state index contributed by atoms with van der Waals surface area (Å²) in [5.74, 6) is 0.775. The summed E-state index contributed by atoms with van der Waals surface area (Å²) in [7, 11) is -3.87. The van der Waals surface area contributed by atoms with Crippen molar-refractivity contribution in [1.82, 2.24) is 18.8 Å². The van der Waals surface area contributed by atoms with E-state index in [0.29, 0.717) is 34.2 Å². The molecule has 4 aromatic rings. The predicted molar refractivity (Wildman–Crippen MR) is 151 cm³/mol. The van der Waals surface area contributed by atoms with Crippen molar-refractivity contribution in [3.05, 3.63) is 75.2 Å². The number of hydrogen-bond donors (Lipinski definition) is 0. The molecule has 9 nitrogen and oxygen atoms in total. The summed E-state index contributed by atoms with van der Waals surface area (Å²) in [6, 6.07) is 12.4. The molecular formula is C27H27IN4O5S. The van der Waals surface area contributed by atoms with E-state index in [4.69, 9.17) is 9.47 Å². The van der Waals surface area contributed by atoms with E-state index in [-0.39, 0.29) is 22.5 Å². The summed E-state index contributed by atoms with van der Waals surface area (Å²) in [5, 5.41) is 0.497. The standard InChI is InChI=1S/C27H27IN4O5S/c1-17-5-9-21(10-6-17)38(34,35)32-15-22(28)23-24(32)29-16-30-25(23)36-20-8-7-18-11-12-31(14-19(18)13-20)26(33)37-27(2,3)4/h5-10,13,15-16H,11-12,14H2,1-4H3. The number of nitrogens with zero attached hydrogens (tertiary/aromatic N) is 4. The van der Waals surface area contributed by atoms with Gasteiger partial charge in [0, 0.05) is 22.9 Å². The molecule has 198 valence electrons. The van der Waals surface area contributed by atoms with Gasteiger partial charge in [-0.05, 0) is 92.1 Å². The molecule has 0 bridgehead atoms. The van der Waals surface area contributed by atoms with Crippen molar-refractivity contribution < 1.29 is 22.7 Å². The van der Waals surface area contributed by atoms with E-state index in [1.807, 2.05) is 45.9 Å². The number of benzene rings is 2. The maximum atomic E-state index is 13.4. The Bertz CT molecular complexity index is 1640. The lowest BCUT2D eigenvalue weighted by Crippen LogP contribution is -2.39. The monoisotopic (exact) mass is 646 g/mol. The average Bonchev–Trinajstić information content (AvgIpc) is 3.21. The highest BCUT2D eigenvalue weighted by Gasteiger charge is 2.27. The van der Waals surface area contributed by atoms with Crippen LogP contribution in [0.3, 0.4) is 0 Å². The second-order valence-electron chi connectivity index (χ2n) is 10.2. The minimum atomic E-state index is -3.87. The lowest BCUT2D eigenvalue weighted by molar-refractivity contribution is 0.0223. The van der Waals surface area contributed by atoms with Gasteiger partial charge < -0.3 is 14.4 Å². The molecule has 3 heterocycles. The van der Waals surface area contributed by atoms with Crippen LogP contribution in [0.15, 0.2) is 59.9 Å². The number of carbonyl (C=O) groups excluding carboxylic acids is 1. The Kier molecular flexibility index (Phi) is 6.84. The first-order chi connectivity index (χ1) is 17.9. The Morgan fingerprint density at radius 1 is 1.05 bits per heavy atom. The summed E-state index contributed by atoms with van der Waals surface area (Å²) in [5.41, 5.74) is 2.72. The predicted octanol–water partition coefficient (Wildman–Crippen LogP) is 5.67. The molecule has 2 aromatic carbocycles. The molecule has 0 N–H and O–H groups in total. The first kappa shape index (κ1) is 26.4. The highest BCUT2D eigenvalue weighted by atomic mass is 127. The average molecular weight is 647 g/mol. The quantitative estimate of drug-likeness (QED) is 0.264. The van der Waals surface area contributed by atoms with Crippen molar-refractivity contribution in [2.24, 2.45) is 0 Å². The maximum absolute atomic E-state index is 13.4. The molecule has 1 aliphatic heterocycles. The van der Waals surface area contributed by atoms with Crippen LogP contribution in [0.5, 0.6) is 11.6 Å². The van der Waals surface area contributed by atoms with Gasteiger partial charge in [-0.3, -0.25) is 0 Å². The molecule has 2 aromatic heterocycles. The SMILES string of the molecule is Cc1ccc(S(=O)(=O)n2cc(I)c3c(Oc4ccc5c(c4)CN(C(=O)OC(C)(C)C)CC5)ncnc32)cc1. The summed E-state index contributed by atoms with van der Waals surface area (Å²) in [4.78, 5) is 23.0. The van der Waals surface area contributed by atoms with Crippen LogP contribution in [0.4, 0.5) is 4.79 Å². The van der Waals surface area contributed by atoms with Crippen LogP contribution in [0, 0.1) is 10.5 Å². The summed E-state index contributed by atoms with van der Waals surface area (Å²) in [6.07, 6.45) is 3.17. The van der Waals surface area contributed by atoms with Crippen molar-refractivity contribution in [1.29, 1.82) is 0 Å². The Labute approximate surface area is 235 Å². The zero-order valence-corrected chi connectivity index (χ0v) is 24.4. The number of amides is 1. The van der Waals surface area contributed by atoms with Gasteiger partial charge in [-0.1, -0.05) is 23.8 Å². The molecule has 0 saturated heterocycles. The summed E-state index contributed by atoms with van der Waals surface area (Å²) >= 11 is 2.06. The van der Waals surface area contributed by atoms with Crippen molar-refractivity contribution in [3.8, 4) is 11.6 Å². The fourth-order valence-electron chi connectivity index (χ4n) is 4.24. The zero-order chi connectivity index (χ0) is 27.2. The number of aromatic nitrogens is 3. The van der Waals surface area contributed by atoms with E-state index in [1.165, 1.54) is 12.5 Å². The van der Waals surface area contributed by atoms with Gasteiger partial charge in [0.1, 0.15) is 17.7 Å². The Morgan fingerprint density at radius 3 is 2.50 bits per heavy atom. The molecule has 5 rings (SSSR count). The second kappa shape index (κ2) is 9.84. The van der Waals surface area contributed by atoms with Gasteiger partial charge in [-0.2, -0.15) is 0 Å². The highest BCUT2D eigenvalue weighted by molar-refractivity contribution is 14.1. The molecule has 0 saturated carbocycles. The van der Waals surface area contributed by atoms with Gasteiger partial charge in [-0.15, -0.1) is 0 Å². The number of rotatable bonds is 4. The van der Waals surface area contributed by atoms with E-state index in [2.05, 4.69) is 32.6 Å². The molecule has 38 heavy (non-hydrogen) atoms. The van der Waals surface area contributed by atoms with Gasteiger partial charge in [0.15, 0.2) is 5.65 Å². The third-order valence-corrected chi connectivity index (χ3v) is 8.59. The molecule has 0 fully saturated rings. The largest absolute Gasteiger partial charge is 0.444 e. The van der Waals surface area contributed by atoms with E-state index in [1.54, 1.807) is 29.2 Å². The number of carbonyl (C=O) groups is 1. The molecular weight excluding hydrogens is 619 g/mol. The number of halogens is 1. The smallest absolute Gasteiger partial charge is 0.410 e. The number of hydrogen-bond acceptors (Lipinski definition) is 7. The highest BCUT2D eigenvalue weighted by Crippen LogP contribution is 2.34. The number of aryl methyl sites for hydroxylation is 1. The fraction of sp³-hybridized carbons (Fsp3) is 0.296. The van der Waals surface area contributed by atoms with E-state index < -0.39 is 15.6 Å². The van der Waals surface area contributed by atoms with Crippen molar-refractivity contribution in [2.45, 2.75) is 51.2 Å². The molecule has 0 radical (unpaired) electrons. The lowest BCUT2D eigenvalue weighted by atomic mass is 10.00. The minimum absolute atomic E-state index is 0.168. The first-order valence-corrected chi connectivity index (χ1v) is 14.6. The second-order valence-corrected chi connectivity index (χ2v) is 13.1. The van der Waals surface area contributed by atoms with E-state index in [0.717, 1.165) is 20.7 Å². The molecule has 1 amide bonds. The molecule has 11 heteroatoms. The molecule has 1 aliphatic rings. The van der Waals surface area contributed by atoms with Crippen LogP contribution >= 0.6 is 22.6 Å². The minimum Gasteiger partial charge on any atom is -0.444 e. The molecule has 0 unspecified atom stereocenters. The topological polar surface area (TPSA) is 104 Å². The van der Waals surface area contributed by atoms with Crippen molar-refractivity contribution >= 4 is 49.7 Å². The van der Waals surface area contributed by atoms with Crippen molar-refractivity contribution in [3.63, 3.8) is 0 Å². The van der Waals surface area contributed by atoms with Crippen LogP contribution in [-0.4, -0.2) is 45.5 Å². The normalized spacial score (nSPS) is 13.9. The number of ether oxygens (including phenoxy) is 2. The Balaban J connectivity index is 1.45. The first-order valence-electron chi connectivity index (χ1n) is 12.0. The Morgan fingerprint density at radius 2 is 1.79 bits per heavy atom. The van der Waals surface area contributed by atoms with Gasteiger partial charge >= 0.3 is 6.09 Å². The van der Waals surface area contributed by atoms with Crippen LogP contribution in [0.1, 0.15) is 37.5 Å². The summed E-state index contributed by atoms with van der Waals surface area (Å²) in [6.45, 7) is 8.42. The third-order valence-electron chi connectivity index (χ3n) is 6.10. The van der Waals surface area contributed by atoms with Crippen LogP contribution in [0.2, 0.25) is 0 Å². The zero-order valence-electron chi connectivity index (χ0n) is 21.4.